The lowest BCUT2D eigenvalue weighted by atomic mass is 10.0. The summed E-state index contributed by atoms with van der Waals surface area (Å²) in [6.45, 7) is 6.77. The molecule has 1 aromatic rings. The van der Waals surface area contributed by atoms with Gasteiger partial charge in [-0.25, -0.2) is 4.79 Å². The number of ether oxygens (including phenoxy) is 2. The zero-order valence-electron chi connectivity index (χ0n) is 11.8. The maximum atomic E-state index is 12.0. The van der Waals surface area contributed by atoms with Crippen LogP contribution < -0.4 is 15.4 Å². The minimum absolute atomic E-state index is 0.252. The first-order chi connectivity index (χ1) is 8.99. The maximum Gasteiger partial charge on any atom is 0.414 e. The van der Waals surface area contributed by atoms with Crippen LogP contribution in [0.1, 0.15) is 16.7 Å². The van der Waals surface area contributed by atoms with Gasteiger partial charge in [-0.15, -0.1) is 0 Å². The predicted molar refractivity (Wildman–Crippen MR) is 73.9 cm³/mol. The van der Waals surface area contributed by atoms with Gasteiger partial charge in [0, 0.05) is 6.54 Å². The molecule has 1 heterocycles. The number of aryl methyl sites for hydroxylation is 2. The Morgan fingerprint density at radius 1 is 1.42 bits per heavy atom. The van der Waals surface area contributed by atoms with Gasteiger partial charge in [-0.05, 0) is 37.5 Å². The second kappa shape index (κ2) is 5.09. The van der Waals surface area contributed by atoms with E-state index in [0.29, 0.717) is 13.1 Å². The van der Waals surface area contributed by atoms with Crippen LogP contribution in [-0.2, 0) is 4.74 Å². The Balaban J connectivity index is 2.50. The predicted octanol–water partition coefficient (Wildman–Crippen LogP) is 1.90. The topological polar surface area (TPSA) is 64.8 Å². The van der Waals surface area contributed by atoms with Crippen molar-refractivity contribution >= 4 is 11.8 Å². The first-order valence-electron chi connectivity index (χ1n) is 6.32. The highest BCUT2D eigenvalue weighted by atomic mass is 16.6. The van der Waals surface area contributed by atoms with E-state index in [9.17, 15) is 4.79 Å². The van der Waals surface area contributed by atoms with E-state index in [1.807, 2.05) is 20.8 Å². The number of amides is 1. The van der Waals surface area contributed by atoms with Gasteiger partial charge in [0.25, 0.3) is 0 Å². The Kier molecular flexibility index (Phi) is 3.66. The lowest BCUT2D eigenvalue weighted by molar-refractivity contribution is 0.145. The highest BCUT2D eigenvalue weighted by Gasteiger charge is 2.34. The number of nitrogens with two attached hydrogens (primary N) is 1. The Morgan fingerprint density at radius 3 is 2.63 bits per heavy atom. The first kappa shape index (κ1) is 13.7. The molecule has 104 valence electrons. The molecule has 1 atom stereocenters. The summed E-state index contributed by atoms with van der Waals surface area (Å²) in [7, 11) is 1.62. The summed E-state index contributed by atoms with van der Waals surface area (Å²) >= 11 is 0. The molecule has 5 nitrogen and oxygen atoms in total. The number of carbonyl (C=O) groups is 1. The van der Waals surface area contributed by atoms with Crippen LogP contribution in [0, 0.1) is 20.8 Å². The molecule has 0 spiro atoms. The van der Waals surface area contributed by atoms with Gasteiger partial charge in [0.2, 0.25) is 0 Å². The molecule has 19 heavy (non-hydrogen) atoms. The smallest absolute Gasteiger partial charge is 0.414 e. The normalized spacial score (nSPS) is 18.7. The number of benzene rings is 1. The zero-order chi connectivity index (χ0) is 14.2. The first-order valence-corrected chi connectivity index (χ1v) is 6.32. The van der Waals surface area contributed by atoms with Crippen LogP contribution in [0.25, 0.3) is 0 Å². The van der Waals surface area contributed by atoms with Crippen molar-refractivity contribution < 1.29 is 14.3 Å². The Labute approximate surface area is 113 Å². The fraction of sp³-hybridized carbons (Fsp3) is 0.500. The highest BCUT2D eigenvalue weighted by molar-refractivity contribution is 5.93. The quantitative estimate of drug-likeness (QED) is 0.905. The molecule has 1 aliphatic heterocycles. The van der Waals surface area contributed by atoms with Gasteiger partial charge in [0.1, 0.15) is 11.9 Å². The number of methoxy groups -OCH3 is 1. The molecule has 5 heteroatoms. The third-order valence-electron chi connectivity index (χ3n) is 3.56. The fourth-order valence-electron chi connectivity index (χ4n) is 2.45. The molecular weight excluding hydrogens is 244 g/mol. The van der Waals surface area contributed by atoms with Crippen LogP contribution in [0.5, 0.6) is 5.75 Å². The lowest BCUT2D eigenvalue weighted by Crippen LogP contribution is -2.28. The average molecular weight is 264 g/mol. The molecule has 2 N–H and O–H groups in total. The molecule has 1 saturated heterocycles. The largest absolute Gasteiger partial charge is 0.494 e. The molecule has 0 aliphatic carbocycles. The monoisotopic (exact) mass is 264 g/mol. The van der Waals surface area contributed by atoms with Gasteiger partial charge in [0.05, 0.1) is 19.3 Å². The highest BCUT2D eigenvalue weighted by Crippen LogP contribution is 2.38. The van der Waals surface area contributed by atoms with Crippen molar-refractivity contribution in [3.8, 4) is 5.75 Å². The summed E-state index contributed by atoms with van der Waals surface area (Å²) < 4.78 is 10.7. The van der Waals surface area contributed by atoms with Crippen molar-refractivity contribution in [2.24, 2.45) is 5.73 Å². The number of hydrogen-bond acceptors (Lipinski definition) is 4. The van der Waals surface area contributed by atoms with Crippen molar-refractivity contribution in [3.63, 3.8) is 0 Å². The summed E-state index contributed by atoms with van der Waals surface area (Å²) in [6, 6.07) is 2.05. The number of anilines is 1. The van der Waals surface area contributed by atoms with E-state index in [-0.39, 0.29) is 12.2 Å². The molecule has 1 aromatic carbocycles. The molecule has 0 saturated carbocycles. The van der Waals surface area contributed by atoms with E-state index in [1.54, 1.807) is 12.0 Å². The molecule has 1 fully saturated rings. The van der Waals surface area contributed by atoms with Crippen LogP contribution in [0.15, 0.2) is 6.07 Å². The third kappa shape index (κ3) is 2.26. The molecule has 1 amide bonds. The lowest BCUT2D eigenvalue weighted by Gasteiger charge is -2.22. The number of rotatable bonds is 3. The molecule has 0 aromatic heterocycles. The van der Waals surface area contributed by atoms with Gasteiger partial charge in [0.15, 0.2) is 0 Å². The van der Waals surface area contributed by atoms with Gasteiger partial charge in [-0.1, -0.05) is 6.07 Å². The molecule has 1 unspecified atom stereocenters. The number of cyclic esters (lactones) is 1. The number of carbonyl (C=O) groups excluding carboxylic acids is 1. The van der Waals surface area contributed by atoms with E-state index < -0.39 is 0 Å². The van der Waals surface area contributed by atoms with Crippen LogP contribution in [0.4, 0.5) is 10.5 Å². The number of hydrogen-bond donors (Lipinski definition) is 1. The molecule has 0 bridgehead atoms. The summed E-state index contributed by atoms with van der Waals surface area (Å²) in [6.07, 6.45) is -0.613. The summed E-state index contributed by atoms with van der Waals surface area (Å²) in [5.41, 5.74) is 9.52. The number of nitrogens with zero attached hydrogens (tertiary/aromatic N) is 1. The second-order valence-corrected chi connectivity index (χ2v) is 4.87. The Hall–Kier alpha value is -1.75. The van der Waals surface area contributed by atoms with Crippen molar-refractivity contribution in [2.45, 2.75) is 26.9 Å². The third-order valence-corrected chi connectivity index (χ3v) is 3.56. The van der Waals surface area contributed by atoms with E-state index in [2.05, 4.69) is 6.07 Å². The average Bonchev–Trinajstić information content (AvgIpc) is 2.74. The Bertz CT molecular complexity index is 514. The summed E-state index contributed by atoms with van der Waals surface area (Å²) in [4.78, 5) is 13.6. The maximum absolute atomic E-state index is 12.0. The molecule has 0 radical (unpaired) electrons. The summed E-state index contributed by atoms with van der Waals surface area (Å²) in [5, 5.41) is 0. The van der Waals surface area contributed by atoms with Crippen LogP contribution in [0.2, 0.25) is 0 Å². The van der Waals surface area contributed by atoms with E-state index in [1.165, 1.54) is 0 Å². The van der Waals surface area contributed by atoms with Gasteiger partial charge >= 0.3 is 6.09 Å². The van der Waals surface area contributed by atoms with Crippen LogP contribution in [-0.4, -0.2) is 32.4 Å². The van der Waals surface area contributed by atoms with E-state index >= 15 is 0 Å². The molecule has 1 aliphatic rings. The molecular formula is C14H20N2O3. The second-order valence-electron chi connectivity index (χ2n) is 4.87. The minimum Gasteiger partial charge on any atom is -0.494 e. The molecule has 2 rings (SSSR count). The van der Waals surface area contributed by atoms with Crippen molar-refractivity contribution in [2.75, 3.05) is 25.1 Å². The van der Waals surface area contributed by atoms with Crippen molar-refractivity contribution in [3.05, 3.63) is 22.8 Å². The minimum atomic E-state index is -0.361. The Morgan fingerprint density at radius 2 is 2.11 bits per heavy atom. The van der Waals surface area contributed by atoms with Crippen molar-refractivity contribution in [1.82, 2.24) is 0 Å². The SMILES string of the molecule is COc1c(C)c(C)cc(C)c1N1CC(CN)OC1=O. The fourth-order valence-corrected chi connectivity index (χ4v) is 2.45. The summed E-state index contributed by atoms with van der Waals surface area (Å²) in [5.74, 6) is 0.729. The van der Waals surface area contributed by atoms with Gasteiger partial charge in [-0.3, -0.25) is 4.90 Å². The van der Waals surface area contributed by atoms with Crippen LogP contribution >= 0.6 is 0 Å². The van der Waals surface area contributed by atoms with E-state index in [0.717, 1.165) is 28.1 Å². The van der Waals surface area contributed by atoms with Crippen molar-refractivity contribution in [1.29, 1.82) is 0 Å². The van der Waals surface area contributed by atoms with Gasteiger partial charge in [-0.2, -0.15) is 0 Å². The van der Waals surface area contributed by atoms with Crippen LogP contribution in [0.3, 0.4) is 0 Å². The van der Waals surface area contributed by atoms with Gasteiger partial charge < -0.3 is 15.2 Å². The zero-order valence-corrected chi connectivity index (χ0v) is 11.8. The van der Waals surface area contributed by atoms with E-state index in [4.69, 9.17) is 15.2 Å². The standard InChI is InChI=1S/C14H20N2O3/c1-8-5-9(2)12(13(18-4)10(8)3)16-7-11(6-15)19-14(16)17/h5,11H,6-7,15H2,1-4H3.